The van der Waals surface area contributed by atoms with Crippen molar-refractivity contribution in [1.29, 1.82) is 0 Å². The number of rotatable bonds is 6. The van der Waals surface area contributed by atoms with Gasteiger partial charge in [0.05, 0.1) is 15.0 Å². The van der Waals surface area contributed by atoms with Crippen LogP contribution in [0.5, 0.6) is 0 Å². The molecule has 10 aromatic rings. The summed E-state index contributed by atoms with van der Waals surface area (Å²) in [4.78, 5) is 2.22. The maximum atomic E-state index is 10.0. The quantitative estimate of drug-likeness (QED) is 0.165. The number of para-hydroxylation sites is 1. The van der Waals surface area contributed by atoms with Gasteiger partial charge in [0, 0.05) is 37.2 Å². The van der Waals surface area contributed by atoms with E-state index in [2.05, 4.69) is 108 Å². The van der Waals surface area contributed by atoms with Crippen LogP contribution in [0.15, 0.2) is 212 Å². The van der Waals surface area contributed by atoms with E-state index in [1.165, 1.54) is 0 Å². The summed E-state index contributed by atoms with van der Waals surface area (Å²) in [5, 5.41) is 2.05. The monoisotopic (exact) mass is 724 g/mol. The summed E-state index contributed by atoms with van der Waals surface area (Å²) in [6.07, 6.45) is 0. The number of anilines is 3. The number of thiophene rings is 1. The molecule has 1 aliphatic rings. The lowest BCUT2D eigenvalue weighted by Crippen LogP contribution is -2.28. The predicted molar refractivity (Wildman–Crippen MR) is 234 cm³/mol. The molecule has 0 aliphatic heterocycles. The molecule has 0 radical (unpaired) electrons. The number of fused-ring (bicyclic) bond motifs is 7. The van der Waals surface area contributed by atoms with Crippen LogP contribution in [0.2, 0.25) is 0 Å². The molecule has 0 N–H and O–H groups in total. The van der Waals surface area contributed by atoms with Crippen molar-refractivity contribution in [1.82, 2.24) is 0 Å². The lowest BCUT2D eigenvalue weighted by Gasteiger charge is -2.34. The first kappa shape index (κ1) is 25.3. The highest BCUT2D eigenvalue weighted by Gasteiger charge is 2.46. The molecule has 0 bridgehead atoms. The molecule has 1 nitrogen and oxygen atoms in total. The summed E-state index contributed by atoms with van der Waals surface area (Å²) in [7, 11) is 0. The molecule has 0 saturated carbocycles. The Kier molecular flexibility index (Phi) is 5.84. The van der Waals surface area contributed by atoms with E-state index in [0.717, 1.165) is 76.2 Å². The molecule has 0 saturated heterocycles. The zero-order chi connectivity index (χ0) is 42.4. The molecule has 55 heavy (non-hydrogen) atoms. The first-order valence-electron chi connectivity index (χ1n) is 21.9. The molecular weight excluding hydrogens is 683 g/mol. The lowest BCUT2D eigenvalue weighted by atomic mass is 9.67. The predicted octanol–water partition coefficient (Wildman–Crippen LogP) is 14.7. The van der Waals surface area contributed by atoms with E-state index in [1.54, 1.807) is 11.3 Å². The van der Waals surface area contributed by atoms with E-state index >= 15 is 0 Å². The highest BCUT2D eigenvalue weighted by atomic mass is 32.1. The molecule has 1 heterocycles. The van der Waals surface area contributed by atoms with Gasteiger partial charge in [-0.2, -0.15) is 0 Å². The van der Waals surface area contributed by atoms with Gasteiger partial charge in [0.2, 0.25) is 0 Å². The van der Waals surface area contributed by atoms with Gasteiger partial charge in [-0.25, -0.2) is 0 Å². The number of hydrogen-bond donors (Lipinski definition) is 0. The first-order valence-corrected chi connectivity index (χ1v) is 19.2. The minimum atomic E-state index is -1.32. The van der Waals surface area contributed by atoms with Crippen LogP contribution < -0.4 is 4.90 Å². The highest BCUT2D eigenvalue weighted by molar-refractivity contribution is 7.25. The highest BCUT2D eigenvalue weighted by Crippen LogP contribution is 2.58. The minimum absolute atomic E-state index is 0.0638. The molecule has 258 valence electrons. The summed E-state index contributed by atoms with van der Waals surface area (Å²) in [6.45, 7) is 0. The van der Waals surface area contributed by atoms with Crippen molar-refractivity contribution in [2.24, 2.45) is 0 Å². The Morgan fingerprint density at radius 2 is 1.09 bits per heavy atom. The number of benzene rings is 9. The Balaban J connectivity index is 1.22. The molecule has 9 aromatic carbocycles. The third-order valence-corrected chi connectivity index (χ3v) is 12.1. The van der Waals surface area contributed by atoms with E-state index in [4.69, 9.17) is 5.48 Å². The van der Waals surface area contributed by atoms with E-state index in [-0.39, 0.29) is 34.5 Å². The van der Waals surface area contributed by atoms with Crippen LogP contribution in [0.1, 0.15) is 31.8 Å². The zero-order valence-electron chi connectivity index (χ0n) is 36.5. The van der Waals surface area contributed by atoms with Crippen LogP contribution in [-0.2, 0) is 5.41 Å². The van der Waals surface area contributed by atoms with Gasteiger partial charge < -0.3 is 4.90 Å². The molecular formula is C53H35NS. The van der Waals surface area contributed by atoms with E-state index < -0.39 is 29.6 Å². The van der Waals surface area contributed by atoms with Crippen molar-refractivity contribution in [2.75, 3.05) is 4.90 Å². The Bertz CT molecular complexity index is 3440. The summed E-state index contributed by atoms with van der Waals surface area (Å²) in [5.41, 5.74) is 8.21. The Morgan fingerprint density at radius 1 is 0.436 bits per heavy atom. The Hall–Kier alpha value is -6.74. The van der Waals surface area contributed by atoms with Gasteiger partial charge in [-0.3, -0.25) is 0 Å². The second-order valence-electron chi connectivity index (χ2n) is 13.9. The van der Waals surface area contributed by atoms with Crippen molar-refractivity contribution in [2.45, 2.75) is 5.41 Å². The van der Waals surface area contributed by atoms with E-state index in [0.29, 0.717) is 0 Å². The Morgan fingerprint density at radius 3 is 1.95 bits per heavy atom. The smallest absolute Gasteiger partial charge is 0.0714 e. The van der Waals surface area contributed by atoms with Crippen molar-refractivity contribution in [3.05, 3.63) is 234 Å². The molecule has 1 unspecified atom stereocenters. The second kappa shape index (κ2) is 12.7. The fraction of sp³-hybridized carbons (Fsp3) is 0.0189. The summed E-state index contributed by atoms with van der Waals surface area (Å²) >= 11 is 1.68. The standard InChI is InChI=1S/C53H35NS/c1-3-13-36(14-4-1)38-24-28-43(29-25-38)54(42-17-5-2-6-18-42)44-30-32-50-48(35-44)45-19-9-11-21-49(45)53(50,40-26-23-37-15-7-8-16-39(37)33-40)41-27-31-47-46-20-10-12-22-51(46)55-52(47)34-41/h1-35H/i7D,8D,15D,16D,23D,26D,33D. The molecule has 1 atom stereocenters. The van der Waals surface area contributed by atoms with Crippen LogP contribution in [0, 0.1) is 0 Å². The topological polar surface area (TPSA) is 3.24 Å². The number of nitrogens with zero attached hydrogens (tertiary/aromatic N) is 1. The molecule has 1 aliphatic carbocycles. The Labute approximate surface area is 334 Å². The van der Waals surface area contributed by atoms with Crippen LogP contribution in [-0.4, -0.2) is 0 Å². The van der Waals surface area contributed by atoms with Crippen LogP contribution in [0.4, 0.5) is 17.1 Å². The number of hydrogen-bond acceptors (Lipinski definition) is 2. The minimum Gasteiger partial charge on any atom is -0.310 e. The molecule has 0 fully saturated rings. The van der Waals surface area contributed by atoms with Crippen molar-refractivity contribution in [3.63, 3.8) is 0 Å². The fourth-order valence-electron chi connectivity index (χ4n) is 8.52. The van der Waals surface area contributed by atoms with Gasteiger partial charge in [-0.1, -0.05) is 158 Å². The van der Waals surface area contributed by atoms with Gasteiger partial charge in [-0.15, -0.1) is 11.3 Å². The maximum Gasteiger partial charge on any atom is 0.0714 e. The summed E-state index contributed by atoms with van der Waals surface area (Å²) in [5.74, 6) is 0. The van der Waals surface area contributed by atoms with Gasteiger partial charge in [0.25, 0.3) is 0 Å². The van der Waals surface area contributed by atoms with Crippen molar-refractivity contribution in [3.8, 4) is 22.3 Å². The molecule has 0 spiro atoms. The van der Waals surface area contributed by atoms with E-state index in [1.807, 2.05) is 66.7 Å². The maximum absolute atomic E-state index is 10.0. The summed E-state index contributed by atoms with van der Waals surface area (Å²) < 4.78 is 66.4. The molecule has 2 heteroatoms. The van der Waals surface area contributed by atoms with Crippen molar-refractivity contribution >= 4 is 59.3 Å². The normalized spacial score (nSPS) is 16.4. The first-order chi connectivity index (χ1) is 30.2. The molecule has 1 aromatic heterocycles. The van der Waals surface area contributed by atoms with Gasteiger partial charge in [-0.05, 0) is 110 Å². The van der Waals surface area contributed by atoms with Crippen LogP contribution in [0.3, 0.4) is 0 Å². The lowest BCUT2D eigenvalue weighted by molar-refractivity contribution is 0.771. The van der Waals surface area contributed by atoms with Gasteiger partial charge in [0.1, 0.15) is 0 Å². The third kappa shape index (κ3) is 4.99. The average Bonchev–Trinajstić information content (AvgIpc) is 3.83. The molecule has 11 rings (SSSR count). The fourth-order valence-corrected chi connectivity index (χ4v) is 9.67. The average molecular weight is 725 g/mol. The molecule has 0 amide bonds. The third-order valence-electron chi connectivity index (χ3n) is 11.0. The summed E-state index contributed by atoms with van der Waals surface area (Å²) in [6, 6.07) is 55.5. The van der Waals surface area contributed by atoms with E-state index in [9.17, 15) is 4.11 Å². The second-order valence-corrected chi connectivity index (χ2v) is 15.0. The zero-order valence-corrected chi connectivity index (χ0v) is 30.3. The largest absolute Gasteiger partial charge is 0.310 e. The van der Waals surface area contributed by atoms with Gasteiger partial charge in [0.15, 0.2) is 0 Å². The SMILES string of the molecule is [2H]c1c([2H])c([2H])c2c([2H])c(C3(c4ccc5c(c4)sc4ccccc45)c4ccccc4-c4cc(N(c5ccccc5)c5ccc(-c6ccccc6)cc5)ccc43)c([2H])c([2H])c2c1[2H]. The van der Waals surface area contributed by atoms with Gasteiger partial charge >= 0.3 is 0 Å². The van der Waals surface area contributed by atoms with Crippen molar-refractivity contribution < 1.29 is 9.60 Å². The van der Waals surface area contributed by atoms with Crippen LogP contribution >= 0.6 is 11.3 Å². The van der Waals surface area contributed by atoms with Crippen LogP contribution in [0.25, 0.3) is 53.2 Å².